The standard InChI is InChI=1S/C11H25N/c1-5-6-11(12)8-7-10(4)9(2)3/h9-11H,5-8,12H2,1-4H3. The summed E-state index contributed by atoms with van der Waals surface area (Å²) in [5.74, 6) is 1.63. The van der Waals surface area contributed by atoms with E-state index in [4.69, 9.17) is 5.73 Å². The van der Waals surface area contributed by atoms with Crippen LogP contribution in [0.1, 0.15) is 53.4 Å². The van der Waals surface area contributed by atoms with Gasteiger partial charge in [-0.2, -0.15) is 0 Å². The van der Waals surface area contributed by atoms with Gasteiger partial charge in [-0.05, 0) is 31.1 Å². The highest BCUT2D eigenvalue weighted by atomic mass is 14.6. The molecule has 0 aromatic heterocycles. The topological polar surface area (TPSA) is 26.0 Å². The van der Waals surface area contributed by atoms with Crippen molar-refractivity contribution in [3.05, 3.63) is 0 Å². The fourth-order valence-electron chi connectivity index (χ4n) is 1.33. The molecule has 1 nitrogen and oxygen atoms in total. The average Bonchev–Trinajstić information content (AvgIpc) is 2.00. The number of nitrogens with two attached hydrogens (primary N) is 1. The molecular formula is C11H25N. The second kappa shape index (κ2) is 6.47. The Labute approximate surface area is 77.7 Å². The van der Waals surface area contributed by atoms with Crippen molar-refractivity contribution < 1.29 is 0 Å². The maximum Gasteiger partial charge on any atom is 0.00388 e. The Morgan fingerprint density at radius 3 is 2.00 bits per heavy atom. The summed E-state index contributed by atoms with van der Waals surface area (Å²) in [6.07, 6.45) is 4.90. The molecule has 0 aromatic rings. The molecule has 0 spiro atoms. The van der Waals surface area contributed by atoms with Gasteiger partial charge in [0.25, 0.3) is 0 Å². The number of hydrogen-bond acceptors (Lipinski definition) is 1. The molecule has 2 unspecified atom stereocenters. The second-order valence-electron chi connectivity index (χ2n) is 4.35. The summed E-state index contributed by atoms with van der Waals surface area (Å²) in [4.78, 5) is 0. The summed E-state index contributed by atoms with van der Waals surface area (Å²) in [5, 5.41) is 0. The molecule has 12 heavy (non-hydrogen) atoms. The quantitative estimate of drug-likeness (QED) is 0.652. The maximum absolute atomic E-state index is 5.93. The lowest BCUT2D eigenvalue weighted by Gasteiger charge is -2.17. The van der Waals surface area contributed by atoms with Crippen LogP contribution in [0.25, 0.3) is 0 Å². The van der Waals surface area contributed by atoms with E-state index in [0.717, 1.165) is 11.8 Å². The molecule has 0 fully saturated rings. The smallest absolute Gasteiger partial charge is 0.00388 e. The first kappa shape index (κ1) is 12.0. The van der Waals surface area contributed by atoms with Gasteiger partial charge in [-0.15, -0.1) is 0 Å². The van der Waals surface area contributed by atoms with E-state index in [1.54, 1.807) is 0 Å². The highest BCUT2D eigenvalue weighted by molar-refractivity contribution is 4.64. The van der Waals surface area contributed by atoms with Crippen molar-refractivity contribution in [1.29, 1.82) is 0 Å². The third-order valence-electron chi connectivity index (χ3n) is 2.79. The molecule has 0 heterocycles. The summed E-state index contributed by atoms with van der Waals surface area (Å²) >= 11 is 0. The minimum atomic E-state index is 0.441. The van der Waals surface area contributed by atoms with Crippen LogP contribution in [0.4, 0.5) is 0 Å². The molecule has 0 saturated heterocycles. The Bertz CT molecular complexity index is 99.2. The molecule has 1 heteroatoms. The van der Waals surface area contributed by atoms with E-state index in [2.05, 4.69) is 27.7 Å². The largest absolute Gasteiger partial charge is 0.328 e. The van der Waals surface area contributed by atoms with Gasteiger partial charge in [-0.1, -0.05) is 34.1 Å². The first-order chi connectivity index (χ1) is 5.57. The average molecular weight is 171 g/mol. The van der Waals surface area contributed by atoms with Crippen LogP contribution in [0.2, 0.25) is 0 Å². The van der Waals surface area contributed by atoms with Crippen LogP contribution in [0, 0.1) is 11.8 Å². The van der Waals surface area contributed by atoms with E-state index in [1.165, 1.54) is 25.7 Å². The molecule has 0 radical (unpaired) electrons. The molecule has 0 amide bonds. The highest BCUT2D eigenvalue weighted by Crippen LogP contribution is 2.17. The summed E-state index contributed by atoms with van der Waals surface area (Å²) in [5.41, 5.74) is 5.93. The van der Waals surface area contributed by atoms with Crippen molar-refractivity contribution in [1.82, 2.24) is 0 Å². The van der Waals surface area contributed by atoms with Crippen LogP contribution in [0.3, 0.4) is 0 Å². The zero-order valence-corrected chi connectivity index (χ0v) is 9.14. The lowest BCUT2D eigenvalue weighted by molar-refractivity contribution is 0.362. The Kier molecular flexibility index (Phi) is 6.45. The van der Waals surface area contributed by atoms with Crippen molar-refractivity contribution in [3.63, 3.8) is 0 Å². The minimum Gasteiger partial charge on any atom is -0.328 e. The van der Waals surface area contributed by atoms with Crippen LogP contribution in [-0.2, 0) is 0 Å². The Hall–Kier alpha value is -0.0400. The zero-order chi connectivity index (χ0) is 9.56. The molecule has 0 aliphatic heterocycles. The Morgan fingerprint density at radius 1 is 1.00 bits per heavy atom. The highest BCUT2D eigenvalue weighted by Gasteiger charge is 2.09. The molecule has 0 aromatic carbocycles. The van der Waals surface area contributed by atoms with E-state index in [1.807, 2.05) is 0 Å². The summed E-state index contributed by atoms with van der Waals surface area (Å²) in [7, 11) is 0. The van der Waals surface area contributed by atoms with E-state index in [0.29, 0.717) is 6.04 Å². The van der Waals surface area contributed by atoms with Crippen LogP contribution in [-0.4, -0.2) is 6.04 Å². The van der Waals surface area contributed by atoms with Gasteiger partial charge in [0.2, 0.25) is 0 Å². The SMILES string of the molecule is CCCC(N)CCC(C)C(C)C. The van der Waals surface area contributed by atoms with Crippen molar-refractivity contribution >= 4 is 0 Å². The lowest BCUT2D eigenvalue weighted by Crippen LogP contribution is -2.21. The first-order valence-electron chi connectivity index (χ1n) is 5.33. The Morgan fingerprint density at radius 2 is 1.58 bits per heavy atom. The fraction of sp³-hybridized carbons (Fsp3) is 1.00. The molecule has 0 rings (SSSR count). The predicted molar refractivity (Wildman–Crippen MR) is 56.1 cm³/mol. The van der Waals surface area contributed by atoms with Crippen molar-refractivity contribution in [2.75, 3.05) is 0 Å². The second-order valence-corrected chi connectivity index (χ2v) is 4.35. The van der Waals surface area contributed by atoms with E-state index in [9.17, 15) is 0 Å². The number of rotatable bonds is 6. The van der Waals surface area contributed by atoms with E-state index in [-0.39, 0.29) is 0 Å². The third kappa shape index (κ3) is 5.59. The van der Waals surface area contributed by atoms with Crippen LogP contribution >= 0.6 is 0 Å². The van der Waals surface area contributed by atoms with E-state index < -0.39 is 0 Å². The summed E-state index contributed by atoms with van der Waals surface area (Å²) < 4.78 is 0. The van der Waals surface area contributed by atoms with Gasteiger partial charge in [-0.3, -0.25) is 0 Å². The summed E-state index contributed by atoms with van der Waals surface area (Å²) in [6, 6.07) is 0.441. The van der Waals surface area contributed by atoms with Crippen LogP contribution in [0.15, 0.2) is 0 Å². The van der Waals surface area contributed by atoms with Gasteiger partial charge in [0.05, 0.1) is 0 Å². The maximum atomic E-state index is 5.93. The van der Waals surface area contributed by atoms with Gasteiger partial charge < -0.3 is 5.73 Å². The number of hydrogen-bond donors (Lipinski definition) is 1. The van der Waals surface area contributed by atoms with Crippen LogP contribution < -0.4 is 5.73 Å². The molecule has 0 aliphatic rings. The van der Waals surface area contributed by atoms with Gasteiger partial charge >= 0.3 is 0 Å². The predicted octanol–water partition coefficient (Wildman–Crippen LogP) is 3.19. The minimum absolute atomic E-state index is 0.441. The zero-order valence-electron chi connectivity index (χ0n) is 9.14. The van der Waals surface area contributed by atoms with Crippen molar-refractivity contribution in [2.45, 2.75) is 59.4 Å². The molecule has 2 N–H and O–H groups in total. The van der Waals surface area contributed by atoms with Gasteiger partial charge in [0, 0.05) is 6.04 Å². The lowest BCUT2D eigenvalue weighted by atomic mass is 9.91. The first-order valence-corrected chi connectivity index (χ1v) is 5.33. The third-order valence-corrected chi connectivity index (χ3v) is 2.79. The molecule has 2 atom stereocenters. The normalized spacial score (nSPS) is 16.5. The molecular weight excluding hydrogens is 146 g/mol. The molecule has 0 saturated carbocycles. The fourth-order valence-corrected chi connectivity index (χ4v) is 1.33. The Balaban J connectivity index is 3.40. The summed E-state index contributed by atoms with van der Waals surface area (Å²) in [6.45, 7) is 9.10. The molecule has 0 bridgehead atoms. The van der Waals surface area contributed by atoms with Gasteiger partial charge in [-0.25, -0.2) is 0 Å². The molecule has 74 valence electrons. The van der Waals surface area contributed by atoms with E-state index >= 15 is 0 Å². The van der Waals surface area contributed by atoms with Gasteiger partial charge in [0.15, 0.2) is 0 Å². The van der Waals surface area contributed by atoms with Gasteiger partial charge in [0.1, 0.15) is 0 Å². The monoisotopic (exact) mass is 171 g/mol. The molecule has 0 aliphatic carbocycles. The van der Waals surface area contributed by atoms with Crippen LogP contribution in [0.5, 0.6) is 0 Å². The van der Waals surface area contributed by atoms with Crippen molar-refractivity contribution in [2.24, 2.45) is 17.6 Å². The van der Waals surface area contributed by atoms with Crippen molar-refractivity contribution in [3.8, 4) is 0 Å².